The fraction of sp³-hybridized carbons (Fsp3) is 0.500. The largest absolute Gasteiger partial charge is 0.387 e. The third-order valence-corrected chi connectivity index (χ3v) is 6.48. The molecule has 0 radical (unpaired) electrons. The summed E-state index contributed by atoms with van der Waals surface area (Å²) in [5.74, 6) is 0.369. The van der Waals surface area contributed by atoms with E-state index in [0.717, 1.165) is 16.4 Å². The van der Waals surface area contributed by atoms with Gasteiger partial charge in [-0.05, 0) is 46.2 Å². The zero-order chi connectivity index (χ0) is 19.3. The van der Waals surface area contributed by atoms with Crippen molar-refractivity contribution >= 4 is 38.9 Å². The van der Waals surface area contributed by atoms with E-state index in [0.29, 0.717) is 42.1 Å². The van der Waals surface area contributed by atoms with E-state index in [9.17, 15) is 9.59 Å². The fourth-order valence-electron chi connectivity index (χ4n) is 4.62. The van der Waals surface area contributed by atoms with Gasteiger partial charge in [0, 0.05) is 29.8 Å². The number of nitrogens with one attached hydrogen (secondary N) is 1. The topological polar surface area (TPSA) is 113 Å². The van der Waals surface area contributed by atoms with E-state index in [4.69, 9.17) is 10.8 Å². The number of nitrogens with two attached hydrogens (primary N) is 1. The van der Waals surface area contributed by atoms with Crippen molar-refractivity contribution in [1.82, 2.24) is 14.5 Å². The van der Waals surface area contributed by atoms with Gasteiger partial charge in [0.2, 0.25) is 5.91 Å². The van der Waals surface area contributed by atoms with Crippen molar-refractivity contribution in [3.05, 3.63) is 28.5 Å². The number of nitrogens with zero attached hydrogens (tertiary/aromatic N) is 3. The maximum Gasteiger partial charge on any atom is 0.252 e. The summed E-state index contributed by atoms with van der Waals surface area (Å²) in [4.78, 5) is 25.5. The standard InChI is InChI=1S/C18H22BrN5O3/c1-9-13-7-23(16(26)8-25)5-10(13)2-14(9)22-17-12(18(20)27)4-21-24-6-11(19)3-15(17)24/h3-4,6,9-10,13-14,22,25H,2,5,7-8H2,1H3,(H2,20,27)/t9-,10+,13-,14+/m0/s1. The number of likely N-dealkylation sites (tertiary alicyclic amines) is 1. The predicted molar refractivity (Wildman–Crippen MR) is 103 cm³/mol. The highest BCUT2D eigenvalue weighted by Gasteiger charge is 2.47. The van der Waals surface area contributed by atoms with Crippen LogP contribution in [0, 0.1) is 17.8 Å². The minimum absolute atomic E-state index is 0.171. The van der Waals surface area contributed by atoms with Gasteiger partial charge in [-0.15, -0.1) is 0 Å². The predicted octanol–water partition coefficient (Wildman–Crippen LogP) is 1.08. The zero-order valence-electron chi connectivity index (χ0n) is 14.9. The fourth-order valence-corrected chi connectivity index (χ4v) is 5.03. The molecular formula is C18H22BrN5O3. The van der Waals surface area contributed by atoms with Crippen LogP contribution in [0.3, 0.4) is 0 Å². The van der Waals surface area contributed by atoms with Crippen LogP contribution in [0.4, 0.5) is 5.69 Å². The molecule has 0 aromatic carbocycles. The number of primary amides is 1. The Balaban J connectivity index is 1.60. The third kappa shape index (κ3) is 3.08. The Kier molecular flexibility index (Phi) is 4.59. The van der Waals surface area contributed by atoms with Crippen LogP contribution in [-0.4, -0.2) is 57.2 Å². The second kappa shape index (κ2) is 6.79. The van der Waals surface area contributed by atoms with Crippen molar-refractivity contribution in [3.63, 3.8) is 0 Å². The summed E-state index contributed by atoms with van der Waals surface area (Å²) in [6, 6.07) is 2.08. The van der Waals surface area contributed by atoms with Crippen molar-refractivity contribution in [2.45, 2.75) is 19.4 Å². The highest BCUT2D eigenvalue weighted by molar-refractivity contribution is 9.10. The van der Waals surface area contributed by atoms with Gasteiger partial charge >= 0.3 is 0 Å². The molecule has 3 heterocycles. The molecule has 27 heavy (non-hydrogen) atoms. The summed E-state index contributed by atoms with van der Waals surface area (Å²) in [5, 5.41) is 16.9. The molecule has 2 aliphatic rings. The lowest BCUT2D eigenvalue weighted by atomic mass is 9.93. The number of aromatic nitrogens is 2. The number of rotatable bonds is 4. The number of aliphatic hydroxyl groups is 1. The zero-order valence-corrected chi connectivity index (χ0v) is 16.5. The minimum Gasteiger partial charge on any atom is -0.387 e. The lowest BCUT2D eigenvalue weighted by Gasteiger charge is -2.25. The first-order valence-corrected chi connectivity index (χ1v) is 9.80. The number of carbonyl (C=O) groups is 2. The Morgan fingerprint density at radius 1 is 1.44 bits per heavy atom. The number of carbonyl (C=O) groups excluding carboxylic acids is 2. The Morgan fingerprint density at radius 3 is 2.89 bits per heavy atom. The number of aliphatic hydroxyl groups excluding tert-OH is 1. The summed E-state index contributed by atoms with van der Waals surface area (Å²) in [7, 11) is 0. The molecule has 1 saturated heterocycles. The molecule has 2 aromatic heterocycles. The summed E-state index contributed by atoms with van der Waals surface area (Å²) < 4.78 is 2.58. The summed E-state index contributed by atoms with van der Waals surface area (Å²) in [6.07, 6.45) is 4.22. The van der Waals surface area contributed by atoms with Crippen LogP contribution in [0.15, 0.2) is 22.9 Å². The van der Waals surface area contributed by atoms with Gasteiger partial charge in [0.1, 0.15) is 6.61 Å². The Hall–Kier alpha value is -2.13. The molecule has 1 aliphatic heterocycles. The molecule has 2 fully saturated rings. The van der Waals surface area contributed by atoms with E-state index in [1.165, 1.54) is 6.20 Å². The van der Waals surface area contributed by atoms with E-state index in [-0.39, 0.29) is 11.9 Å². The molecule has 4 N–H and O–H groups in total. The van der Waals surface area contributed by atoms with Crippen molar-refractivity contribution in [2.24, 2.45) is 23.5 Å². The molecule has 4 atom stereocenters. The first kappa shape index (κ1) is 18.2. The van der Waals surface area contributed by atoms with E-state index >= 15 is 0 Å². The van der Waals surface area contributed by atoms with Gasteiger partial charge in [-0.3, -0.25) is 9.59 Å². The molecule has 0 spiro atoms. The van der Waals surface area contributed by atoms with Crippen LogP contribution in [0.2, 0.25) is 0 Å². The van der Waals surface area contributed by atoms with Crippen molar-refractivity contribution < 1.29 is 14.7 Å². The van der Waals surface area contributed by atoms with Crippen LogP contribution in [0.5, 0.6) is 0 Å². The molecule has 4 rings (SSSR count). The van der Waals surface area contributed by atoms with Gasteiger partial charge in [-0.25, -0.2) is 4.52 Å². The van der Waals surface area contributed by atoms with Crippen LogP contribution in [0.25, 0.3) is 5.52 Å². The third-order valence-electron chi connectivity index (χ3n) is 6.05. The number of fused-ring (bicyclic) bond motifs is 2. The Bertz CT molecular complexity index is 914. The number of anilines is 1. The Morgan fingerprint density at radius 2 is 2.22 bits per heavy atom. The van der Waals surface area contributed by atoms with Gasteiger partial charge in [-0.2, -0.15) is 5.10 Å². The summed E-state index contributed by atoms with van der Waals surface area (Å²) >= 11 is 3.45. The van der Waals surface area contributed by atoms with Crippen LogP contribution in [-0.2, 0) is 4.79 Å². The highest BCUT2D eigenvalue weighted by Crippen LogP contribution is 2.44. The maximum absolute atomic E-state index is 11.9. The number of hydrogen-bond donors (Lipinski definition) is 3. The first-order valence-electron chi connectivity index (χ1n) is 9.01. The summed E-state index contributed by atoms with van der Waals surface area (Å²) in [6.45, 7) is 3.09. The number of amides is 2. The second-order valence-electron chi connectivity index (χ2n) is 7.51. The second-order valence-corrected chi connectivity index (χ2v) is 8.43. The van der Waals surface area contributed by atoms with E-state index in [1.54, 1.807) is 9.42 Å². The minimum atomic E-state index is -0.518. The van der Waals surface area contributed by atoms with Crippen molar-refractivity contribution in [1.29, 1.82) is 0 Å². The average molecular weight is 436 g/mol. The SMILES string of the molecule is C[C@H]1[C@@H]2CN(C(=O)CO)C[C@H]2C[C@H]1Nc1c(C(N)=O)cnn2cc(Br)cc12. The quantitative estimate of drug-likeness (QED) is 0.664. The number of halogens is 1. The average Bonchev–Trinajstić information content (AvgIpc) is 3.29. The van der Waals surface area contributed by atoms with Gasteiger partial charge < -0.3 is 21.1 Å². The van der Waals surface area contributed by atoms with Gasteiger partial charge in [0.25, 0.3) is 5.91 Å². The molecule has 0 bridgehead atoms. The Labute approximate surface area is 164 Å². The molecule has 1 aliphatic carbocycles. The van der Waals surface area contributed by atoms with Crippen molar-refractivity contribution in [2.75, 3.05) is 25.0 Å². The lowest BCUT2D eigenvalue weighted by molar-refractivity contribution is -0.133. The molecule has 2 amide bonds. The molecule has 1 saturated carbocycles. The smallest absolute Gasteiger partial charge is 0.252 e. The monoisotopic (exact) mass is 435 g/mol. The number of hydrogen-bond acceptors (Lipinski definition) is 5. The molecule has 144 valence electrons. The van der Waals surface area contributed by atoms with E-state index in [2.05, 4.69) is 33.3 Å². The van der Waals surface area contributed by atoms with Crippen LogP contribution in [0.1, 0.15) is 23.7 Å². The molecule has 9 heteroatoms. The highest BCUT2D eigenvalue weighted by atomic mass is 79.9. The molecule has 8 nitrogen and oxygen atoms in total. The molecular weight excluding hydrogens is 414 g/mol. The van der Waals surface area contributed by atoms with Crippen LogP contribution < -0.4 is 11.1 Å². The maximum atomic E-state index is 11.9. The normalized spacial score (nSPS) is 27.1. The van der Waals surface area contributed by atoms with E-state index < -0.39 is 12.5 Å². The van der Waals surface area contributed by atoms with Gasteiger partial charge in [0.05, 0.1) is 23.0 Å². The lowest BCUT2D eigenvalue weighted by Crippen LogP contribution is -2.35. The van der Waals surface area contributed by atoms with Crippen LogP contribution >= 0.6 is 15.9 Å². The molecule has 0 unspecified atom stereocenters. The van der Waals surface area contributed by atoms with Gasteiger partial charge in [0.15, 0.2) is 0 Å². The van der Waals surface area contributed by atoms with E-state index in [1.807, 2.05) is 12.3 Å². The molecule has 2 aromatic rings. The first-order chi connectivity index (χ1) is 12.9. The van der Waals surface area contributed by atoms with Crippen molar-refractivity contribution in [3.8, 4) is 0 Å². The van der Waals surface area contributed by atoms with Gasteiger partial charge in [-0.1, -0.05) is 6.92 Å². The summed E-state index contributed by atoms with van der Waals surface area (Å²) in [5.41, 5.74) is 7.43.